The number of para-hydroxylation sites is 1. The molecule has 0 radical (unpaired) electrons. The van der Waals surface area contributed by atoms with Gasteiger partial charge >= 0.3 is 0 Å². The standard InChI is InChI=1S/C15H26N2O/c1-4-10-16-11-13(3)17-12-14-8-6-7-9-15(14)18-5-2/h6-9,13,16-17H,4-5,10-12H2,1-3H3. The van der Waals surface area contributed by atoms with Gasteiger partial charge in [-0.1, -0.05) is 25.1 Å². The molecule has 1 aromatic carbocycles. The van der Waals surface area contributed by atoms with Crippen LogP contribution in [0, 0.1) is 0 Å². The second-order valence-electron chi connectivity index (χ2n) is 4.53. The van der Waals surface area contributed by atoms with Crippen LogP contribution in [0.25, 0.3) is 0 Å². The average molecular weight is 250 g/mol. The van der Waals surface area contributed by atoms with E-state index in [4.69, 9.17) is 4.74 Å². The fraction of sp³-hybridized carbons (Fsp3) is 0.600. The molecule has 0 amide bonds. The van der Waals surface area contributed by atoms with Crippen LogP contribution in [0.3, 0.4) is 0 Å². The van der Waals surface area contributed by atoms with Crippen LogP contribution in [0.5, 0.6) is 5.75 Å². The molecule has 2 N–H and O–H groups in total. The zero-order valence-electron chi connectivity index (χ0n) is 11.8. The maximum absolute atomic E-state index is 5.61. The van der Waals surface area contributed by atoms with Crippen molar-refractivity contribution in [3.8, 4) is 5.75 Å². The SMILES string of the molecule is CCCNCC(C)NCc1ccccc1OCC. The third-order valence-electron chi connectivity index (χ3n) is 2.79. The van der Waals surface area contributed by atoms with Gasteiger partial charge in [0.05, 0.1) is 6.61 Å². The van der Waals surface area contributed by atoms with Crippen LogP contribution in [0.2, 0.25) is 0 Å². The molecule has 0 saturated heterocycles. The van der Waals surface area contributed by atoms with Gasteiger partial charge in [0.2, 0.25) is 0 Å². The van der Waals surface area contributed by atoms with E-state index in [1.54, 1.807) is 0 Å². The van der Waals surface area contributed by atoms with E-state index in [2.05, 4.69) is 36.6 Å². The number of hydrogen-bond donors (Lipinski definition) is 2. The molecule has 0 fully saturated rings. The summed E-state index contributed by atoms with van der Waals surface area (Å²) < 4.78 is 5.61. The molecule has 0 heterocycles. The van der Waals surface area contributed by atoms with Crippen LogP contribution in [0.1, 0.15) is 32.8 Å². The van der Waals surface area contributed by atoms with Crippen molar-refractivity contribution >= 4 is 0 Å². The van der Waals surface area contributed by atoms with Gasteiger partial charge in [-0.25, -0.2) is 0 Å². The van der Waals surface area contributed by atoms with Crippen molar-refractivity contribution < 1.29 is 4.74 Å². The maximum atomic E-state index is 5.61. The summed E-state index contributed by atoms with van der Waals surface area (Å²) in [6.07, 6.45) is 1.18. The van der Waals surface area contributed by atoms with Gasteiger partial charge in [-0.2, -0.15) is 0 Å². The van der Waals surface area contributed by atoms with Gasteiger partial charge in [0, 0.05) is 24.7 Å². The van der Waals surface area contributed by atoms with Crippen LogP contribution in [-0.4, -0.2) is 25.7 Å². The molecule has 0 spiro atoms. The van der Waals surface area contributed by atoms with Gasteiger partial charge in [-0.05, 0) is 32.9 Å². The fourth-order valence-corrected chi connectivity index (χ4v) is 1.80. The van der Waals surface area contributed by atoms with Gasteiger partial charge in [0.1, 0.15) is 5.75 Å². The van der Waals surface area contributed by atoms with E-state index in [-0.39, 0.29) is 0 Å². The maximum Gasteiger partial charge on any atom is 0.123 e. The molecule has 3 heteroatoms. The van der Waals surface area contributed by atoms with E-state index in [0.29, 0.717) is 12.6 Å². The minimum absolute atomic E-state index is 0.464. The normalized spacial score (nSPS) is 12.4. The summed E-state index contributed by atoms with van der Waals surface area (Å²) in [4.78, 5) is 0. The predicted octanol–water partition coefficient (Wildman–Crippen LogP) is 2.56. The third kappa shape index (κ3) is 5.52. The molecule has 1 rings (SSSR count). The van der Waals surface area contributed by atoms with Crippen molar-refractivity contribution in [1.82, 2.24) is 10.6 Å². The lowest BCUT2D eigenvalue weighted by atomic mass is 10.2. The molecule has 102 valence electrons. The molecule has 0 aromatic heterocycles. The molecule has 0 aliphatic carbocycles. The second kappa shape index (κ2) is 8.95. The first-order chi connectivity index (χ1) is 8.77. The van der Waals surface area contributed by atoms with Gasteiger partial charge in [-0.15, -0.1) is 0 Å². The quantitative estimate of drug-likeness (QED) is 0.661. The van der Waals surface area contributed by atoms with Crippen molar-refractivity contribution in [2.75, 3.05) is 19.7 Å². The summed E-state index contributed by atoms with van der Waals surface area (Å²) in [5.41, 5.74) is 1.22. The van der Waals surface area contributed by atoms with E-state index in [1.807, 2.05) is 19.1 Å². The first kappa shape index (κ1) is 15.0. The van der Waals surface area contributed by atoms with Crippen LogP contribution in [0.15, 0.2) is 24.3 Å². The zero-order valence-corrected chi connectivity index (χ0v) is 11.8. The van der Waals surface area contributed by atoms with E-state index >= 15 is 0 Å². The smallest absolute Gasteiger partial charge is 0.123 e. The van der Waals surface area contributed by atoms with E-state index in [0.717, 1.165) is 25.4 Å². The molecular weight excluding hydrogens is 224 g/mol. The highest BCUT2D eigenvalue weighted by Crippen LogP contribution is 2.17. The molecule has 1 aromatic rings. The van der Waals surface area contributed by atoms with E-state index in [1.165, 1.54) is 12.0 Å². The Balaban J connectivity index is 2.37. The van der Waals surface area contributed by atoms with Crippen LogP contribution in [0.4, 0.5) is 0 Å². The molecule has 1 unspecified atom stereocenters. The molecule has 0 aliphatic rings. The monoisotopic (exact) mass is 250 g/mol. The summed E-state index contributed by atoms with van der Waals surface area (Å²) in [6.45, 7) is 10.1. The van der Waals surface area contributed by atoms with Crippen molar-refractivity contribution in [3.63, 3.8) is 0 Å². The highest BCUT2D eigenvalue weighted by atomic mass is 16.5. The minimum Gasteiger partial charge on any atom is -0.494 e. The van der Waals surface area contributed by atoms with Gasteiger partial charge in [0.25, 0.3) is 0 Å². The Labute approximate surface area is 111 Å². The van der Waals surface area contributed by atoms with Gasteiger partial charge in [-0.3, -0.25) is 0 Å². The lowest BCUT2D eigenvalue weighted by Crippen LogP contribution is -2.36. The number of nitrogens with one attached hydrogen (secondary N) is 2. The first-order valence-corrected chi connectivity index (χ1v) is 6.92. The summed E-state index contributed by atoms with van der Waals surface area (Å²) in [7, 11) is 0. The average Bonchev–Trinajstić information content (AvgIpc) is 2.38. The highest BCUT2D eigenvalue weighted by molar-refractivity contribution is 5.33. The Kier molecular flexibility index (Phi) is 7.46. The first-order valence-electron chi connectivity index (χ1n) is 6.92. The zero-order chi connectivity index (χ0) is 13.2. The Morgan fingerprint density at radius 3 is 2.72 bits per heavy atom. The summed E-state index contributed by atoms with van der Waals surface area (Å²) in [6, 6.07) is 8.68. The molecule has 18 heavy (non-hydrogen) atoms. The van der Waals surface area contributed by atoms with E-state index in [9.17, 15) is 0 Å². The molecule has 3 nitrogen and oxygen atoms in total. The molecular formula is C15H26N2O. The van der Waals surface area contributed by atoms with Crippen LogP contribution in [-0.2, 0) is 6.54 Å². The highest BCUT2D eigenvalue weighted by Gasteiger charge is 2.04. The Bertz CT molecular complexity index is 328. The summed E-state index contributed by atoms with van der Waals surface area (Å²) in [5.74, 6) is 0.987. The number of rotatable bonds is 9. The van der Waals surface area contributed by atoms with Crippen molar-refractivity contribution in [2.45, 2.75) is 39.8 Å². The number of benzene rings is 1. The lowest BCUT2D eigenvalue weighted by Gasteiger charge is -2.16. The van der Waals surface area contributed by atoms with Gasteiger partial charge in [0.15, 0.2) is 0 Å². The van der Waals surface area contributed by atoms with Gasteiger partial charge < -0.3 is 15.4 Å². The minimum atomic E-state index is 0.464. The molecule has 0 aliphatic heterocycles. The topological polar surface area (TPSA) is 33.3 Å². The van der Waals surface area contributed by atoms with Crippen molar-refractivity contribution in [3.05, 3.63) is 29.8 Å². The van der Waals surface area contributed by atoms with E-state index < -0.39 is 0 Å². The predicted molar refractivity (Wildman–Crippen MR) is 77.1 cm³/mol. The lowest BCUT2D eigenvalue weighted by molar-refractivity contribution is 0.334. The second-order valence-corrected chi connectivity index (χ2v) is 4.53. The van der Waals surface area contributed by atoms with Crippen LogP contribution >= 0.6 is 0 Å². The molecule has 0 bridgehead atoms. The Morgan fingerprint density at radius 2 is 2.00 bits per heavy atom. The largest absolute Gasteiger partial charge is 0.494 e. The summed E-state index contributed by atoms with van der Waals surface area (Å²) in [5, 5.41) is 6.93. The molecule has 0 saturated carbocycles. The third-order valence-corrected chi connectivity index (χ3v) is 2.79. The van der Waals surface area contributed by atoms with Crippen molar-refractivity contribution in [2.24, 2.45) is 0 Å². The summed E-state index contributed by atoms with van der Waals surface area (Å²) >= 11 is 0. The van der Waals surface area contributed by atoms with Crippen molar-refractivity contribution in [1.29, 1.82) is 0 Å². The van der Waals surface area contributed by atoms with Crippen LogP contribution < -0.4 is 15.4 Å². The number of hydrogen-bond acceptors (Lipinski definition) is 3. The Morgan fingerprint density at radius 1 is 1.22 bits per heavy atom. The molecule has 1 atom stereocenters. The number of ether oxygens (including phenoxy) is 1. The fourth-order valence-electron chi connectivity index (χ4n) is 1.80. The Hall–Kier alpha value is -1.06.